The number of nitrogens with two attached hydrogens (primary N) is 1. The fourth-order valence-corrected chi connectivity index (χ4v) is 4.62. The van der Waals surface area contributed by atoms with Crippen LogP contribution in [0, 0.1) is 6.92 Å². The molecule has 1 unspecified atom stereocenters. The Bertz CT molecular complexity index is 665. The molecule has 1 atom stereocenters. The first-order valence-electron chi connectivity index (χ1n) is 6.75. The van der Waals surface area contributed by atoms with Gasteiger partial charge in [-0.2, -0.15) is 11.8 Å². The number of carbonyl (C=O) groups excluding carboxylic acids is 1. The number of aryl methyl sites for hydroxylation is 1. The van der Waals surface area contributed by atoms with Crippen LogP contribution in [0.15, 0.2) is 18.2 Å². The van der Waals surface area contributed by atoms with Gasteiger partial charge in [0.05, 0.1) is 5.69 Å². The van der Waals surface area contributed by atoms with Crippen LogP contribution in [0.2, 0.25) is 0 Å². The van der Waals surface area contributed by atoms with Crippen molar-refractivity contribution in [1.29, 1.82) is 0 Å². The summed E-state index contributed by atoms with van der Waals surface area (Å²) in [6.45, 7) is 4.97. The van der Waals surface area contributed by atoms with Crippen molar-refractivity contribution in [3.8, 4) is 0 Å². The van der Waals surface area contributed by atoms with Crippen molar-refractivity contribution < 1.29 is 4.79 Å². The van der Waals surface area contributed by atoms with E-state index in [-0.39, 0.29) is 11.9 Å². The van der Waals surface area contributed by atoms with Crippen molar-refractivity contribution in [2.45, 2.75) is 19.9 Å². The molecule has 0 spiro atoms. The minimum atomic E-state index is 0.0918. The maximum absolute atomic E-state index is 12.7. The first kappa shape index (κ1) is 13.8. The van der Waals surface area contributed by atoms with Crippen LogP contribution < -0.4 is 5.73 Å². The van der Waals surface area contributed by atoms with E-state index in [1.165, 1.54) is 16.9 Å². The van der Waals surface area contributed by atoms with E-state index in [1.54, 1.807) is 0 Å². The Morgan fingerprint density at radius 3 is 3.00 bits per heavy atom. The summed E-state index contributed by atoms with van der Waals surface area (Å²) in [4.78, 5) is 15.4. The molecule has 3 rings (SSSR count). The fraction of sp³-hybridized carbons (Fsp3) is 0.400. The maximum atomic E-state index is 12.7. The average Bonchev–Trinajstić information content (AvgIpc) is 2.76. The van der Waals surface area contributed by atoms with E-state index in [2.05, 4.69) is 25.1 Å². The lowest BCUT2D eigenvalue weighted by atomic mass is 10.1. The highest BCUT2D eigenvalue weighted by Crippen LogP contribution is 2.35. The van der Waals surface area contributed by atoms with Crippen molar-refractivity contribution in [3.63, 3.8) is 0 Å². The van der Waals surface area contributed by atoms with Crippen LogP contribution in [-0.2, 0) is 0 Å². The summed E-state index contributed by atoms with van der Waals surface area (Å²) in [5.74, 6) is 2.12. The van der Waals surface area contributed by atoms with Gasteiger partial charge >= 0.3 is 0 Å². The number of hydrogen-bond donors (Lipinski definition) is 1. The van der Waals surface area contributed by atoms with Crippen LogP contribution >= 0.6 is 23.1 Å². The number of hydrogen-bond acceptors (Lipinski definition) is 4. The van der Waals surface area contributed by atoms with E-state index >= 15 is 0 Å². The van der Waals surface area contributed by atoms with Crippen molar-refractivity contribution in [1.82, 2.24) is 4.90 Å². The minimum Gasteiger partial charge on any atom is -0.397 e. The van der Waals surface area contributed by atoms with Crippen LogP contribution in [0.4, 0.5) is 5.69 Å². The van der Waals surface area contributed by atoms with Gasteiger partial charge < -0.3 is 10.6 Å². The van der Waals surface area contributed by atoms with Gasteiger partial charge in [0.2, 0.25) is 0 Å². The molecule has 1 aliphatic rings. The molecule has 1 fully saturated rings. The van der Waals surface area contributed by atoms with Gasteiger partial charge in [-0.05, 0) is 26.0 Å². The maximum Gasteiger partial charge on any atom is 0.266 e. The Hall–Kier alpha value is -1.20. The number of nitrogen functional groups attached to an aromatic ring is 1. The van der Waals surface area contributed by atoms with E-state index in [0.717, 1.165) is 28.1 Å². The van der Waals surface area contributed by atoms with E-state index in [0.29, 0.717) is 10.6 Å². The molecule has 5 heteroatoms. The Labute approximate surface area is 127 Å². The molecule has 0 saturated carbocycles. The number of thiophene rings is 1. The van der Waals surface area contributed by atoms with Crippen molar-refractivity contribution >= 4 is 44.8 Å². The van der Waals surface area contributed by atoms with Gasteiger partial charge in [-0.3, -0.25) is 4.79 Å². The fourth-order valence-electron chi connectivity index (χ4n) is 2.55. The first-order chi connectivity index (χ1) is 9.58. The normalized spacial score (nSPS) is 19.5. The van der Waals surface area contributed by atoms with Gasteiger partial charge in [0.25, 0.3) is 5.91 Å². The summed E-state index contributed by atoms with van der Waals surface area (Å²) >= 11 is 3.42. The quantitative estimate of drug-likeness (QED) is 0.878. The number of benzene rings is 1. The van der Waals surface area contributed by atoms with Crippen LogP contribution in [0.25, 0.3) is 10.1 Å². The molecule has 2 aromatic rings. The predicted octanol–water partition coefficient (Wildman–Crippen LogP) is 3.37. The van der Waals surface area contributed by atoms with E-state index in [9.17, 15) is 4.79 Å². The molecular weight excluding hydrogens is 288 g/mol. The average molecular weight is 306 g/mol. The number of thioether (sulfide) groups is 1. The summed E-state index contributed by atoms with van der Waals surface area (Å²) < 4.78 is 1.09. The second-order valence-corrected chi connectivity index (χ2v) is 7.47. The van der Waals surface area contributed by atoms with Crippen LogP contribution in [0.3, 0.4) is 0 Å². The molecule has 1 amide bonds. The minimum absolute atomic E-state index is 0.0918. The van der Waals surface area contributed by atoms with E-state index in [1.807, 2.05) is 23.6 Å². The topological polar surface area (TPSA) is 46.3 Å². The Kier molecular flexibility index (Phi) is 3.65. The zero-order valence-electron chi connectivity index (χ0n) is 11.7. The molecule has 0 radical (unpaired) electrons. The molecule has 1 aliphatic heterocycles. The SMILES string of the molecule is Cc1ccc2sc(C(=O)N3CCSCC3C)c(N)c2c1. The molecule has 1 saturated heterocycles. The third kappa shape index (κ3) is 2.29. The van der Waals surface area contributed by atoms with Crippen molar-refractivity contribution in [2.75, 3.05) is 23.8 Å². The molecule has 20 heavy (non-hydrogen) atoms. The molecule has 2 N–H and O–H groups in total. The lowest BCUT2D eigenvalue weighted by molar-refractivity contribution is 0.0722. The third-order valence-corrected chi connectivity index (χ3v) is 6.07. The van der Waals surface area contributed by atoms with E-state index < -0.39 is 0 Å². The molecule has 2 heterocycles. The zero-order valence-corrected chi connectivity index (χ0v) is 13.3. The van der Waals surface area contributed by atoms with E-state index in [4.69, 9.17) is 5.73 Å². The second-order valence-electron chi connectivity index (χ2n) is 5.27. The Morgan fingerprint density at radius 2 is 2.25 bits per heavy atom. The smallest absolute Gasteiger partial charge is 0.266 e. The lowest BCUT2D eigenvalue weighted by Gasteiger charge is -2.32. The van der Waals surface area contributed by atoms with Gasteiger partial charge in [-0.1, -0.05) is 11.6 Å². The number of rotatable bonds is 1. The van der Waals surface area contributed by atoms with Gasteiger partial charge in [-0.15, -0.1) is 11.3 Å². The van der Waals surface area contributed by atoms with Crippen LogP contribution in [0.1, 0.15) is 22.2 Å². The number of fused-ring (bicyclic) bond motifs is 1. The number of amides is 1. The molecule has 0 bridgehead atoms. The molecule has 3 nitrogen and oxygen atoms in total. The number of nitrogens with zero attached hydrogens (tertiary/aromatic N) is 1. The molecule has 0 aliphatic carbocycles. The molecule has 1 aromatic carbocycles. The number of anilines is 1. The van der Waals surface area contributed by atoms with Gasteiger partial charge in [0, 0.05) is 34.2 Å². The first-order valence-corrected chi connectivity index (χ1v) is 8.72. The van der Waals surface area contributed by atoms with Gasteiger partial charge in [-0.25, -0.2) is 0 Å². The summed E-state index contributed by atoms with van der Waals surface area (Å²) in [5, 5.41) is 1.01. The van der Waals surface area contributed by atoms with Crippen LogP contribution in [-0.4, -0.2) is 34.9 Å². The monoisotopic (exact) mass is 306 g/mol. The second kappa shape index (κ2) is 5.30. The standard InChI is InChI=1S/C15H18N2OS2/c1-9-3-4-12-11(7-9)13(16)14(20-12)15(18)17-5-6-19-8-10(17)2/h3-4,7,10H,5-6,8,16H2,1-2H3. The van der Waals surface area contributed by atoms with Gasteiger partial charge in [0.15, 0.2) is 0 Å². The molecule has 106 valence electrons. The highest BCUT2D eigenvalue weighted by molar-refractivity contribution is 7.99. The Balaban J connectivity index is 2.01. The predicted molar refractivity (Wildman–Crippen MR) is 88.8 cm³/mol. The zero-order chi connectivity index (χ0) is 14.3. The third-order valence-electron chi connectivity index (χ3n) is 3.70. The summed E-state index contributed by atoms with van der Waals surface area (Å²) in [5.41, 5.74) is 8.03. The highest BCUT2D eigenvalue weighted by atomic mass is 32.2. The molecule has 1 aromatic heterocycles. The lowest BCUT2D eigenvalue weighted by Crippen LogP contribution is -2.44. The number of carbonyl (C=O) groups is 1. The summed E-state index contributed by atoms with van der Waals surface area (Å²) in [6.07, 6.45) is 0. The largest absolute Gasteiger partial charge is 0.397 e. The molecular formula is C15H18N2OS2. The highest BCUT2D eigenvalue weighted by Gasteiger charge is 2.27. The summed E-state index contributed by atoms with van der Waals surface area (Å²) in [7, 11) is 0. The summed E-state index contributed by atoms with van der Waals surface area (Å²) in [6, 6.07) is 6.46. The Morgan fingerprint density at radius 1 is 1.45 bits per heavy atom. The van der Waals surface area contributed by atoms with Crippen molar-refractivity contribution in [2.24, 2.45) is 0 Å². The van der Waals surface area contributed by atoms with Crippen molar-refractivity contribution in [3.05, 3.63) is 28.6 Å². The van der Waals surface area contributed by atoms with Crippen LogP contribution in [0.5, 0.6) is 0 Å². The van der Waals surface area contributed by atoms with Gasteiger partial charge in [0.1, 0.15) is 4.88 Å².